The van der Waals surface area contributed by atoms with Crippen LogP contribution in [0.25, 0.3) is 0 Å². The van der Waals surface area contributed by atoms with Crippen molar-refractivity contribution in [2.75, 3.05) is 6.61 Å². The van der Waals surface area contributed by atoms with Crippen molar-refractivity contribution in [1.29, 1.82) is 0 Å². The predicted octanol–water partition coefficient (Wildman–Crippen LogP) is 2.48. The quantitative estimate of drug-likeness (QED) is 0.899. The van der Waals surface area contributed by atoms with Gasteiger partial charge in [-0.25, -0.2) is 0 Å². The van der Waals surface area contributed by atoms with E-state index in [1.54, 1.807) is 0 Å². The van der Waals surface area contributed by atoms with E-state index in [4.69, 9.17) is 4.74 Å². The number of benzene rings is 1. The van der Waals surface area contributed by atoms with Crippen molar-refractivity contribution in [3.8, 4) is 5.75 Å². The van der Waals surface area contributed by atoms with E-state index in [9.17, 15) is 4.79 Å². The second kappa shape index (κ2) is 4.82. The van der Waals surface area contributed by atoms with E-state index in [1.807, 2.05) is 41.1 Å². The Bertz CT molecular complexity index is 551. The lowest BCUT2D eigenvalue weighted by atomic mass is 10.0. The Morgan fingerprint density at radius 2 is 2.22 bits per heavy atom. The summed E-state index contributed by atoms with van der Waals surface area (Å²) in [6.07, 6.45) is 0.825. The molecule has 2 heterocycles. The Kier molecular flexibility index (Phi) is 3.02. The molecule has 4 heteroatoms. The Balaban J connectivity index is 1.68. The minimum absolute atomic E-state index is 0.0239. The van der Waals surface area contributed by atoms with Crippen LogP contribution in [0.5, 0.6) is 5.75 Å². The molecular formula is C14H13NO2S. The number of amides is 1. The SMILES string of the molecule is O=C(NC1COc2ccccc2C1)c1ccsc1. The number of carbonyl (C=O) groups is 1. The molecule has 0 radical (unpaired) electrons. The maximum Gasteiger partial charge on any atom is 0.252 e. The Morgan fingerprint density at radius 1 is 1.33 bits per heavy atom. The molecule has 0 aliphatic carbocycles. The zero-order chi connectivity index (χ0) is 12.4. The smallest absolute Gasteiger partial charge is 0.252 e. The first-order valence-electron chi connectivity index (χ1n) is 5.87. The van der Waals surface area contributed by atoms with E-state index in [2.05, 4.69) is 5.32 Å². The van der Waals surface area contributed by atoms with Gasteiger partial charge in [0.1, 0.15) is 12.4 Å². The van der Waals surface area contributed by atoms with E-state index < -0.39 is 0 Å². The number of thiophene rings is 1. The van der Waals surface area contributed by atoms with Gasteiger partial charge in [0.25, 0.3) is 5.91 Å². The number of hydrogen-bond acceptors (Lipinski definition) is 3. The number of hydrogen-bond donors (Lipinski definition) is 1. The predicted molar refractivity (Wildman–Crippen MR) is 71.2 cm³/mol. The fraction of sp³-hybridized carbons (Fsp3) is 0.214. The molecule has 2 aromatic rings. The van der Waals surface area contributed by atoms with Crippen molar-refractivity contribution < 1.29 is 9.53 Å². The standard InChI is InChI=1S/C14H13NO2S/c16-14(11-5-6-18-9-11)15-12-7-10-3-1-2-4-13(10)17-8-12/h1-6,9,12H,7-8H2,(H,15,16). The summed E-state index contributed by atoms with van der Waals surface area (Å²) in [4.78, 5) is 11.9. The summed E-state index contributed by atoms with van der Waals surface area (Å²) in [7, 11) is 0. The van der Waals surface area contributed by atoms with Gasteiger partial charge in [0.15, 0.2) is 0 Å². The first kappa shape index (κ1) is 11.3. The van der Waals surface area contributed by atoms with Crippen molar-refractivity contribution in [2.24, 2.45) is 0 Å². The van der Waals surface area contributed by atoms with E-state index in [-0.39, 0.29) is 11.9 Å². The lowest BCUT2D eigenvalue weighted by Gasteiger charge is -2.25. The molecule has 92 valence electrons. The Labute approximate surface area is 109 Å². The van der Waals surface area contributed by atoms with Crippen LogP contribution in [0, 0.1) is 0 Å². The van der Waals surface area contributed by atoms with E-state index in [1.165, 1.54) is 11.3 Å². The second-order valence-electron chi connectivity index (χ2n) is 4.31. The van der Waals surface area contributed by atoms with Crippen LogP contribution in [-0.4, -0.2) is 18.6 Å². The van der Waals surface area contributed by atoms with Crippen molar-refractivity contribution in [1.82, 2.24) is 5.32 Å². The molecule has 1 aliphatic heterocycles. The van der Waals surface area contributed by atoms with Gasteiger partial charge in [-0.2, -0.15) is 11.3 Å². The molecule has 3 nitrogen and oxygen atoms in total. The molecule has 1 aromatic heterocycles. The van der Waals surface area contributed by atoms with Gasteiger partial charge < -0.3 is 10.1 Å². The molecule has 0 saturated carbocycles. The maximum absolute atomic E-state index is 11.9. The van der Waals surface area contributed by atoms with E-state index in [0.717, 1.165) is 23.3 Å². The lowest BCUT2D eigenvalue weighted by Crippen LogP contribution is -2.42. The molecule has 0 spiro atoms. The van der Waals surface area contributed by atoms with Crippen molar-refractivity contribution in [2.45, 2.75) is 12.5 Å². The fourth-order valence-corrected chi connectivity index (χ4v) is 2.72. The number of nitrogens with one attached hydrogen (secondary N) is 1. The zero-order valence-electron chi connectivity index (χ0n) is 9.76. The van der Waals surface area contributed by atoms with E-state index >= 15 is 0 Å². The van der Waals surface area contributed by atoms with E-state index in [0.29, 0.717) is 6.61 Å². The highest BCUT2D eigenvalue weighted by molar-refractivity contribution is 7.08. The van der Waals surface area contributed by atoms with Crippen LogP contribution in [0.4, 0.5) is 0 Å². The van der Waals surface area contributed by atoms with Gasteiger partial charge >= 0.3 is 0 Å². The summed E-state index contributed by atoms with van der Waals surface area (Å²) in [6, 6.07) is 9.84. The molecule has 0 fully saturated rings. The van der Waals surface area contributed by atoms with Gasteiger partial charge in [-0.1, -0.05) is 18.2 Å². The third-order valence-corrected chi connectivity index (χ3v) is 3.68. The first-order valence-corrected chi connectivity index (χ1v) is 6.81. The van der Waals surface area contributed by atoms with Gasteiger partial charge in [-0.05, 0) is 29.5 Å². The monoisotopic (exact) mass is 259 g/mol. The lowest BCUT2D eigenvalue weighted by molar-refractivity contribution is 0.0916. The number of rotatable bonds is 2. The highest BCUT2D eigenvalue weighted by Gasteiger charge is 2.21. The van der Waals surface area contributed by atoms with Crippen LogP contribution in [0.15, 0.2) is 41.1 Å². The molecule has 1 aromatic carbocycles. The largest absolute Gasteiger partial charge is 0.491 e. The minimum atomic E-state index is -0.0239. The maximum atomic E-state index is 11.9. The highest BCUT2D eigenvalue weighted by Crippen LogP contribution is 2.24. The summed E-state index contributed by atoms with van der Waals surface area (Å²) in [5, 5.41) is 6.76. The highest BCUT2D eigenvalue weighted by atomic mass is 32.1. The average Bonchev–Trinajstić information content (AvgIpc) is 2.92. The van der Waals surface area contributed by atoms with Crippen LogP contribution in [0.1, 0.15) is 15.9 Å². The van der Waals surface area contributed by atoms with Crippen LogP contribution in [-0.2, 0) is 6.42 Å². The Morgan fingerprint density at radius 3 is 3.06 bits per heavy atom. The van der Waals surface area contributed by atoms with Crippen LogP contribution >= 0.6 is 11.3 Å². The number of carbonyl (C=O) groups excluding carboxylic acids is 1. The number of para-hydroxylation sites is 1. The van der Waals surface area contributed by atoms with Gasteiger partial charge in [0.2, 0.25) is 0 Å². The topological polar surface area (TPSA) is 38.3 Å². The fourth-order valence-electron chi connectivity index (χ4n) is 2.08. The zero-order valence-corrected chi connectivity index (χ0v) is 10.6. The molecule has 1 N–H and O–H groups in total. The van der Waals surface area contributed by atoms with Gasteiger partial charge in [0, 0.05) is 10.9 Å². The molecule has 3 rings (SSSR count). The van der Waals surface area contributed by atoms with Crippen molar-refractivity contribution in [3.63, 3.8) is 0 Å². The summed E-state index contributed by atoms with van der Waals surface area (Å²) in [5.41, 5.74) is 1.87. The molecule has 1 aliphatic rings. The molecule has 1 unspecified atom stereocenters. The van der Waals surface area contributed by atoms with Gasteiger partial charge in [-0.15, -0.1) is 0 Å². The summed E-state index contributed by atoms with van der Waals surface area (Å²) < 4.78 is 5.64. The second-order valence-corrected chi connectivity index (χ2v) is 5.09. The van der Waals surface area contributed by atoms with Crippen LogP contribution in [0.3, 0.4) is 0 Å². The first-order chi connectivity index (χ1) is 8.83. The Hall–Kier alpha value is -1.81. The van der Waals surface area contributed by atoms with Crippen LogP contribution < -0.4 is 10.1 Å². The number of ether oxygens (including phenoxy) is 1. The molecular weight excluding hydrogens is 246 g/mol. The molecule has 18 heavy (non-hydrogen) atoms. The minimum Gasteiger partial charge on any atom is -0.491 e. The molecule has 0 saturated heterocycles. The molecule has 0 bridgehead atoms. The number of fused-ring (bicyclic) bond motifs is 1. The molecule has 1 atom stereocenters. The van der Waals surface area contributed by atoms with Crippen molar-refractivity contribution >= 4 is 17.2 Å². The summed E-state index contributed by atoms with van der Waals surface area (Å²) >= 11 is 1.53. The molecule has 1 amide bonds. The summed E-state index contributed by atoms with van der Waals surface area (Å²) in [6.45, 7) is 0.535. The van der Waals surface area contributed by atoms with Crippen LogP contribution in [0.2, 0.25) is 0 Å². The summed E-state index contributed by atoms with van der Waals surface area (Å²) in [5.74, 6) is 0.905. The van der Waals surface area contributed by atoms with Gasteiger partial charge in [-0.3, -0.25) is 4.79 Å². The average molecular weight is 259 g/mol. The normalized spacial score (nSPS) is 17.7. The van der Waals surface area contributed by atoms with Gasteiger partial charge in [0.05, 0.1) is 6.04 Å². The third-order valence-electron chi connectivity index (χ3n) is 3.00. The van der Waals surface area contributed by atoms with Crippen molar-refractivity contribution in [3.05, 3.63) is 52.2 Å². The third kappa shape index (κ3) is 2.24.